The lowest BCUT2D eigenvalue weighted by Gasteiger charge is -2.40. The van der Waals surface area contributed by atoms with E-state index in [-0.39, 0.29) is 16.4 Å². The molecule has 0 radical (unpaired) electrons. The molecule has 3 aromatic rings. The summed E-state index contributed by atoms with van der Waals surface area (Å²) in [6.45, 7) is 3.87. The van der Waals surface area contributed by atoms with Crippen molar-refractivity contribution in [3.05, 3.63) is 93.2 Å². The minimum absolute atomic E-state index is 0.00193. The number of hydrogen-bond acceptors (Lipinski definition) is 4. The van der Waals surface area contributed by atoms with Gasteiger partial charge < -0.3 is 10.6 Å². The summed E-state index contributed by atoms with van der Waals surface area (Å²) in [5.74, 6) is -1.94. The second-order valence-electron chi connectivity index (χ2n) is 10.7. The van der Waals surface area contributed by atoms with Gasteiger partial charge in [-0.25, -0.2) is 4.39 Å². The van der Waals surface area contributed by atoms with Crippen LogP contribution in [-0.2, 0) is 9.59 Å². The number of rotatable bonds is 11. The second kappa shape index (κ2) is 13.6. The first kappa shape index (κ1) is 30.7. The van der Waals surface area contributed by atoms with E-state index >= 15 is 4.39 Å². The van der Waals surface area contributed by atoms with Crippen LogP contribution in [0.1, 0.15) is 79.8 Å². The molecule has 4 rings (SSSR count). The van der Waals surface area contributed by atoms with Crippen molar-refractivity contribution in [3.63, 3.8) is 0 Å². The van der Waals surface area contributed by atoms with E-state index in [0.717, 1.165) is 32.1 Å². The molecule has 1 saturated carbocycles. The molecule has 3 aromatic carbocycles. The maximum Gasteiger partial charge on any atom is 0.242 e. The van der Waals surface area contributed by atoms with E-state index in [1.807, 2.05) is 0 Å². The number of carbonyl (C=O) groups excluding carboxylic acids is 3. The summed E-state index contributed by atoms with van der Waals surface area (Å²) in [4.78, 5) is 37.9. The molecule has 0 spiro atoms. The van der Waals surface area contributed by atoms with E-state index in [2.05, 4.69) is 22.9 Å². The van der Waals surface area contributed by atoms with Crippen LogP contribution in [0, 0.1) is 5.82 Å². The van der Waals surface area contributed by atoms with Gasteiger partial charge in [0.1, 0.15) is 5.82 Å². The molecule has 0 heterocycles. The highest BCUT2D eigenvalue weighted by Crippen LogP contribution is 2.40. The van der Waals surface area contributed by atoms with Gasteiger partial charge in [0.25, 0.3) is 0 Å². The minimum atomic E-state index is -0.976. The van der Waals surface area contributed by atoms with Crippen molar-refractivity contribution in [2.24, 2.45) is 0 Å². The van der Waals surface area contributed by atoms with Crippen LogP contribution < -0.4 is 16.0 Å². The van der Waals surface area contributed by atoms with Crippen LogP contribution in [0.2, 0.25) is 10.0 Å². The van der Waals surface area contributed by atoms with Gasteiger partial charge in [-0.1, -0.05) is 67.6 Å². The topological polar surface area (TPSA) is 87.3 Å². The highest BCUT2D eigenvalue weighted by Gasteiger charge is 2.40. The Kier molecular flexibility index (Phi) is 10.2. The molecule has 6 nitrogen and oxygen atoms in total. The second-order valence-corrected chi connectivity index (χ2v) is 11.5. The average molecular weight is 599 g/mol. The molecule has 0 aromatic heterocycles. The minimum Gasteiger partial charge on any atom is -0.328 e. The zero-order chi connectivity index (χ0) is 29.6. The number of amides is 2. The third kappa shape index (κ3) is 7.34. The number of Topliss-reactive ketones (excluding diaryl/α,β-unsaturated/α-hetero) is 1. The first-order valence-electron chi connectivity index (χ1n) is 13.8. The maximum atomic E-state index is 15.8. The van der Waals surface area contributed by atoms with Crippen molar-refractivity contribution in [2.75, 3.05) is 10.6 Å². The van der Waals surface area contributed by atoms with E-state index in [4.69, 9.17) is 23.2 Å². The van der Waals surface area contributed by atoms with Crippen molar-refractivity contribution in [1.82, 2.24) is 5.32 Å². The maximum absolute atomic E-state index is 15.8. The lowest BCUT2D eigenvalue weighted by molar-refractivity contribution is -0.119. The normalized spacial score (nSPS) is 15.9. The number of benzene rings is 3. The van der Waals surface area contributed by atoms with E-state index in [1.54, 1.807) is 61.5 Å². The monoisotopic (exact) mass is 597 g/mol. The van der Waals surface area contributed by atoms with Crippen molar-refractivity contribution in [1.29, 1.82) is 0 Å². The molecule has 2 atom stereocenters. The molecule has 2 amide bonds. The van der Waals surface area contributed by atoms with Crippen molar-refractivity contribution < 1.29 is 18.8 Å². The first-order chi connectivity index (χ1) is 19.7. The Morgan fingerprint density at radius 2 is 1.71 bits per heavy atom. The van der Waals surface area contributed by atoms with Crippen LogP contribution in [0.3, 0.4) is 0 Å². The average Bonchev–Trinajstić information content (AvgIpc) is 2.96. The summed E-state index contributed by atoms with van der Waals surface area (Å²) in [6.07, 6.45) is 5.69. The number of hydrogen-bond donors (Lipinski definition) is 3. The summed E-state index contributed by atoms with van der Waals surface area (Å²) < 4.78 is 15.8. The molecule has 41 heavy (non-hydrogen) atoms. The first-order valence-corrected chi connectivity index (χ1v) is 14.6. The van der Waals surface area contributed by atoms with Crippen molar-refractivity contribution in [2.45, 2.75) is 69.9 Å². The molecule has 0 aliphatic heterocycles. The van der Waals surface area contributed by atoms with Crippen LogP contribution in [0.5, 0.6) is 0 Å². The summed E-state index contributed by atoms with van der Waals surface area (Å²) in [6, 6.07) is 15.3. The standard InChI is InChI=1S/C32H34Cl2FN3O3/c1-3-27(40)20-10-13-22(14-11-20)37-31(41)30(38-32(2)16-5-4-6-17-32)28(24-8-7-9-25(34)29(24)35)23-15-12-21(33)18-26(23)36-19-39/h7-15,18-19,28,30,38H,3-6,16-17H2,1-2H3,(H,36,39)(H,37,41)/t28-,30?/m0/s1. The van der Waals surface area contributed by atoms with E-state index in [9.17, 15) is 14.4 Å². The number of nitrogens with one attached hydrogen (secondary N) is 3. The molecule has 9 heteroatoms. The zero-order valence-electron chi connectivity index (χ0n) is 23.1. The largest absolute Gasteiger partial charge is 0.328 e. The van der Waals surface area contributed by atoms with Gasteiger partial charge in [-0.05, 0) is 73.4 Å². The number of halogens is 3. The molecule has 216 valence electrons. The van der Waals surface area contributed by atoms with Crippen molar-refractivity contribution in [3.8, 4) is 0 Å². The molecule has 1 aliphatic rings. The van der Waals surface area contributed by atoms with E-state index in [0.29, 0.717) is 40.4 Å². The van der Waals surface area contributed by atoms with Gasteiger partial charge >= 0.3 is 0 Å². The smallest absolute Gasteiger partial charge is 0.242 e. The number of carbonyl (C=O) groups is 3. The Labute approximate surface area is 250 Å². The summed E-state index contributed by atoms with van der Waals surface area (Å²) >= 11 is 12.5. The van der Waals surface area contributed by atoms with Gasteiger partial charge in [-0.15, -0.1) is 0 Å². The summed E-state index contributed by atoms with van der Waals surface area (Å²) in [7, 11) is 0. The molecular weight excluding hydrogens is 564 g/mol. The lowest BCUT2D eigenvalue weighted by atomic mass is 9.78. The molecule has 1 fully saturated rings. The van der Waals surface area contributed by atoms with Gasteiger partial charge in [0.05, 0.1) is 11.1 Å². The highest BCUT2D eigenvalue weighted by atomic mass is 35.5. The van der Waals surface area contributed by atoms with Gasteiger partial charge in [0, 0.05) is 39.8 Å². The van der Waals surface area contributed by atoms with Gasteiger partial charge in [0.2, 0.25) is 12.3 Å². The zero-order valence-corrected chi connectivity index (χ0v) is 24.6. The predicted octanol–water partition coefficient (Wildman–Crippen LogP) is 7.75. The molecule has 1 unspecified atom stereocenters. The Bertz CT molecular complexity index is 1410. The van der Waals surface area contributed by atoms with Crippen LogP contribution in [0.15, 0.2) is 60.7 Å². The van der Waals surface area contributed by atoms with E-state index in [1.165, 1.54) is 6.07 Å². The quantitative estimate of drug-likeness (QED) is 0.156. The molecular formula is C32H34Cl2FN3O3. The Hall–Kier alpha value is -3.26. The lowest BCUT2D eigenvalue weighted by Crippen LogP contribution is -2.56. The van der Waals surface area contributed by atoms with Crippen LogP contribution in [0.4, 0.5) is 15.8 Å². The molecule has 0 saturated heterocycles. The Morgan fingerprint density at radius 3 is 2.37 bits per heavy atom. The number of anilines is 2. The van der Waals surface area contributed by atoms with Gasteiger partial charge in [0.15, 0.2) is 5.78 Å². The van der Waals surface area contributed by atoms with Gasteiger partial charge in [-0.2, -0.15) is 0 Å². The molecule has 1 aliphatic carbocycles. The third-order valence-corrected chi connectivity index (χ3v) is 8.28. The molecule has 0 bridgehead atoms. The number of ketones is 1. The fourth-order valence-corrected chi connectivity index (χ4v) is 5.95. The Morgan fingerprint density at radius 1 is 1.00 bits per heavy atom. The van der Waals surface area contributed by atoms with Crippen LogP contribution in [0.25, 0.3) is 0 Å². The van der Waals surface area contributed by atoms with Crippen molar-refractivity contribution >= 4 is 52.7 Å². The van der Waals surface area contributed by atoms with E-state index < -0.39 is 29.2 Å². The van der Waals surface area contributed by atoms with Crippen LogP contribution in [-0.4, -0.2) is 29.7 Å². The third-order valence-electron chi connectivity index (χ3n) is 7.75. The van der Waals surface area contributed by atoms with Crippen LogP contribution >= 0.6 is 23.2 Å². The highest BCUT2D eigenvalue weighted by molar-refractivity contribution is 6.31. The van der Waals surface area contributed by atoms with Gasteiger partial charge in [-0.3, -0.25) is 19.7 Å². The summed E-state index contributed by atoms with van der Waals surface area (Å²) in [5.41, 5.74) is 1.71. The predicted molar refractivity (Wildman–Crippen MR) is 162 cm³/mol. The fraction of sp³-hybridized carbons (Fsp3) is 0.344. The Balaban J connectivity index is 1.85. The summed E-state index contributed by atoms with van der Waals surface area (Å²) in [5, 5.41) is 9.52. The molecule has 3 N–H and O–H groups in total. The SMILES string of the molecule is CCC(=O)c1ccc(NC(=O)C(NC2(C)CCCCC2)[C@@H](c2ccc(Cl)cc2NC=O)c2cccc(Cl)c2F)cc1. The fourth-order valence-electron chi connectivity index (χ4n) is 5.59.